The Morgan fingerprint density at radius 1 is 1.09 bits per heavy atom. The summed E-state index contributed by atoms with van der Waals surface area (Å²) in [5.74, 6) is -2.06. The van der Waals surface area contributed by atoms with E-state index in [4.69, 9.17) is 16.0 Å². The highest BCUT2D eigenvalue weighted by molar-refractivity contribution is 6.35. The minimum Gasteiger partial charge on any atom is -0.478 e. The van der Waals surface area contributed by atoms with E-state index in [0.29, 0.717) is 16.3 Å². The number of hydrazone groups is 1. The summed E-state index contributed by atoms with van der Waals surface area (Å²) in [5.41, 5.74) is -2.00. The summed E-state index contributed by atoms with van der Waals surface area (Å²) in [6.07, 6.45) is -3.98. The van der Waals surface area contributed by atoms with Crippen LogP contribution in [0.2, 0.25) is 5.02 Å². The molecule has 162 valence electrons. The second-order valence-electron chi connectivity index (χ2n) is 6.66. The Kier molecular flexibility index (Phi) is 5.35. The van der Waals surface area contributed by atoms with Crippen LogP contribution in [-0.4, -0.2) is 28.9 Å². The maximum atomic E-state index is 13.6. The van der Waals surface area contributed by atoms with Gasteiger partial charge in [-0.15, -0.1) is 0 Å². The van der Waals surface area contributed by atoms with Crippen LogP contribution in [0.3, 0.4) is 0 Å². The first-order valence-electron chi connectivity index (χ1n) is 9.05. The van der Waals surface area contributed by atoms with Crippen molar-refractivity contribution >= 4 is 41.0 Å². The second-order valence-corrected chi connectivity index (χ2v) is 7.07. The molecule has 2 aromatic carbocycles. The van der Waals surface area contributed by atoms with Crippen molar-refractivity contribution in [2.75, 3.05) is 5.01 Å². The van der Waals surface area contributed by atoms with Crippen molar-refractivity contribution < 1.29 is 32.3 Å². The first kappa shape index (κ1) is 21.4. The van der Waals surface area contributed by atoms with Crippen LogP contribution in [0, 0.1) is 0 Å². The molecule has 10 heteroatoms. The van der Waals surface area contributed by atoms with Gasteiger partial charge in [0.25, 0.3) is 5.91 Å². The predicted octanol–water partition coefficient (Wildman–Crippen LogP) is 5.65. The van der Waals surface area contributed by atoms with Crippen LogP contribution in [0.5, 0.6) is 0 Å². The van der Waals surface area contributed by atoms with Crippen molar-refractivity contribution in [3.05, 3.63) is 82.6 Å². The normalized spacial score (nSPS) is 15.4. The molecule has 4 rings (SSSR count). The van der Waals surface area contributed by atoms with E-state index in [9.17, 15) is 27.9 Å². The number of halogens is 4. The minimum absolute atomic E-state index is 0.0216. The quantitative estimate of drug-likeness (QED) is 0.510. The van der Waals surface area contributed by atoms with Gasteiger partial charge in [-0.3, -0.25) is 4.79 Å². The third-order valence-corrected chi connectivity index (χ3v) is 4.87. The number of hydrogen-bond donors (Lipinski definition) is 1. The summed E-state index contributed by atoms with van der Waals surface area (Å²) >= 11 is 5.80. The van der Waals surface area contributed by atoms with E-state index in [0.717, 1.165) is 18.2 Å². The highest BCUT2D eigenvalue weighted by atomic mass is 35.5. The molecule has 0 aliphatic carbocycles. The summed E-state index contributed by atoms with van der Waals surface area (Å²) in [6, 6.07) is 15.2. The van der Waals surface area contributed by atoms with E-state index in [1.165, 1.54) is 12.1 Å². The fraction of sp³-hybridized carbons (Fsp3) is 0.0455. The number of rotatable bonds is 4. The molecule has 32 heavy (non-hydrogen) atoms. The Bertz CT molecular complexity index is 1280. The molecule has 1 N–H and O–H groups in total. The molecule has 1 amide bonds. The molecule has 0 fully saturated rings. The van der Waals surface area contributed by atoms with Crippen molar-refractivity contribution in [2.45, 2.75) is 6.18 Å². The number of nitrogens with zero attached hydrogens (tertiary/aromatic N) is 2. The maximum absolute atomic E-state index is 13.6. The van der Waals surface area contributed by atoms with Gasteiger partial charge in [-0.2, -0.15) is 23.3 Å². The van der Waals surface area contributed by atoms with Gasteiger partial charge in [0.1, 0.15) is 11.5 Å². The summed E-state index contributed by atoms with van der Waals surface area (Å²) < 4.78 is 46.4. The molecule has 1 aliphatic heterocycles. The molecule has 6 nitrogen and oxygen atoms in total. The number of hydrogen-bond acceptors (Lipinski definition) is 4. The van der Waals surface area contributed by atoms with E-state index < -0.39 is 29.3 Å². The Balaban J connectivity index is 1.74. The molecule has 0 atom stereocenters. The molecular weight excluding hydrogens is 449 g/mol. The smallest absolute Gasteiger partial charge is 0.435 e. The number of amides is 1. The molecule has 2 heterocycles. The number of carbonyl (C=O) groups is 2. The highest BCUT2D eigenvalue weighted by Gasteiger charge is 2.47. The average molecular weight is 461 g/mol. The fourth-order valence-corrected chi connectivity index (χ4v) is 3.27. The highest BCUT2D eigenvalue weighted by Crippen LogP contribution is 2.34. The van der Waals surface area contributed by atoms with Crippen molar-refractivity contribution in [2.24, 2.45) is 5.10 Å². The van der Waals surface area contributed by atoms with Crippen LogP contribution in [0.1, 0.15) is 16.1 Å². The molecule has 0 saturated heterocycles. The van der Waals surface area contributed by atoms with Crippen LogP contribution >= 0.6 is 11.6 Å². The summed E-state index contributed by atoms with van der Waals surface area (Å²) in [6.45, 7) is 0. The minimum atomic E-state index is -4.94. The van der Waals surface area contributed by atoms with Crippen molar-refractivity contribution in [3.63, 3.8) is 0 Å². The van der Waals surface area contributed by atoms with Crippen molar-refractivity contribution in [1.82, 2.24) is 0 Å². The van der Waals surface area contributed by atoms with Crippen LogP contribution in [-0.2, 0) is 4.79 Å². The number of alkyl halides is 3. The number of carbonyl (C=O) groups excluding carboxylic acids is 1. The second kappa shape index (κ2) is 8.01. The Morgan fingerprint density at radius 2 is 1.81 bits per heavy atom. The number of aromatic carboxylic acids is 1. The van der Waals surface area contributed by atoms with Gasteiger partial charge >= 0.3 is 12.1 Å². The van der Waals surface area contributed by atoms with Gasteiger partial charge in [0.15, 0.2) is 5.71 Å². The lowest BCUT2D eigenvalue weighted by Gasteiger charge is -2.12. The molecule has 0 unspecified atom stereocenters. The zero-order valence-corrected chi connectivity index (χ0v) is 16.7. The lowest BCUT2D eigenvalue weighted by Crippen LogP contribution is -2.25. The van der Waals surface area contributed by atoms with E-state index in [1.807, 2.05) is 0 Å². The standard InChI is InChI=1S/C22H12ClF3N2O4/c23-17-8-6-13(10-15(17)21(30)31)28-20(29)16(19(27-28)22(24,25)26)11-14-7-9-18(32-14)12-4-2-1-3-5-12/h1-11H,(H,30,31)/b16-11-. The van der Waals surface area contributed by atoms with Gasteiger partial charge in [0, 0.05) is 5.56 Å². The van der Waals surface area contributed by atoms with Gasteiger partial charge < -0.3 is 9.52 Å². The largest absolute Gasteiger partial charge is 0.478 e. The Morgan fingerprint density at radius 3 is 2.47 bits per heavy atom. The molecule has 1 aromatic heterocycles. The molecule has 0 bridgehead atoms. The number of anilines is 1. The molecular formula is C22H12ClF3N2O4. The van der Waals surface area contributed by atoms with E-state index in [1.54, 1.807) is 36.4 Å². The number of furan rings is 1. The predicted molar refractivity (Wildman–Crippen MR) is 112 cm³/mol. The van der Waals surface area contributed by atoms with Crippen LogP contribution in [0.25, 0.3) is 17.4 Å². The van der Waals surface area contributed by atoms with E-state index in [2.05, 4.69) is 5.10 Å². The molecule has 3 aromatic rings. The van der Waals surface area contributed by atoms with E-state index >= 15 is 0 Å². The molecule has 0 saturated carbocycles. The lowest BCUT2D eigenvalue weighted by molar-refractivity contribution is -0.114. The average Bonchev–Trinajstić information content (AvgIpc) is 3.34. The summed E-state index contributed by atoms with van der Waals surface area (Å²) in [4.78, 5) is 24.1. The molecule has 1 aliphatic rings. The topological polar surface area (TPSA) is 83.1 Å². The zero-order valence-electron chi connectivity index (χ0n) is 15.9. The van der Waals surface area contributed by atoms with Gasteiger partial charge in [-0.05, 0) is 36.4 Å². The van der Waals surface area contributed by atoms with Gasteiger partial charge in [0.05, 0.1) is 21.8 Å². The third-order valence-electron chi connectivity index (χ3n) is 4.54. The number of carboxylic acid groups (broad SMARTS) is 1. The Hall–Kier alpha value is -3.85. The number of benzene rings is 2. The zero-order chi connectivity index (χ0) is 23.0. The van der Waals surface area contributed by atoms with Gasteiger partial charge in [0.2, 0.25) is 0 Å². The van der Waals surface area contributed by atoms with Crippen LogP contribution in [0.15, 0.2) is 75.8 Å². The first-order valence-corrected chi connectivity index (χ1v) is 9.43. The SMILES string of the molecule is O=C(O)c1cc(N2N=C(C(F)(F)F)/C(=C/c3ccc(-c4ccccc4)o3)C2=O)ccc1Cl. The molecule has 0 spiro atoms. The maximum Gasteiger partial charge on any atom is 0.435 e. The van der Waals surface area contributed by atoms with Gasteiger partial charge in [-0.1, -0.05) is 41.9 Å². The molecule has 0 radical (unpaired) electrons. The number of carboxylic acids is 1. The monoisotopic (exact) mass is 460 g/mol. The fourth-order valence-electron chi connectivity index (χ4n) is 3.07. The van der Waals surface area contributed by atoms with E-state index in [-0.39, 0.29) is 22.0 Å². The first-order chi connectivity index (χ1) is 15.1. The third kappa shape index (κ3) is 4.02. The summed E-state index contributed by atoms with van der Waals surface area (Å²) in [7, 11) is 0. The van der Waals surface area contributed by atoms with Crippen LogP contribution in [0.4, 0.5) is 18.9 Å². The van der Waals surface area contributed by atoms with Gasteiger partial charge in [-0.25, -0.2) is 4.79 Å². The Labute approximate surface area is 183 Å². The summed E-state index contributed by atoms with van der Waals surface area (Å²) in [5, 5.41) is 13.0. The van der Waals surface area contributed by atoms with Crippen molar-refractivity contribution in [1.29, 1.82) is 0 Å². The van der Waals surface area contributed by atoms with Crippen molar-refractivity contribution in [3.8, 4) is 11.3 Å². The van der Waals surface area contributed by atoms with Crippen LogP contribution < -0.4 is 5.01 Å². The lowest BCUT2D eigenvalue weighted by atomic mass is 10.1.